The molecule has 0 bridgehead atoms. The highest BCUT2D eigenvalue weighted by Crippen LogP contribution is 2.32. The van der Waals surface area contributed by atoms with Gasteiger partial charge in [0.05, 0.1) is 28.3 Å². The third-order valence-electron chi connectivity index (χ3n) is 4.56. The Kier molecular flexibility index (Phi) is 6.82. The molecule has 0 amide bonds. The fraction of sp³-hybridized carbons (Fsp3) is 0.136. The highest BCUT2D eigenvalue weighted by molar-refractivity contribution is 7.92. The first-order chi connectivity index (χ1) is 14.8. The first kappa shape index (κ1) is 22.6. The number of nitrogens with zero attached hydrogens (tertiary/aromatic N) is 1. The Hall–Kier alpha value is -3.10. The van der Waals surface area contributed by atoms with E-state index in [9.17, 15) is 17.6 Å². The van der Waals surface area contributed by atoms with Gasteiger partial charge in [-0.3, -0.25) is 4.31 Å². The summed E-state index contributed by atoms with van der Waals surface area (Å²) in [6.07, 6.45) is 0. The molecule has 0 spiro atoms. The number of hydrogen-bond acceptors (Lipinski definition) is 5. The SMILES string of the molecule is COc1ccccc1N(C)S(=O)(=O)c1ccc(Cl)c(C(=O)OCc2ccccc2F)c1. The van der Waals surface area contributed by atoms with Gasteiger partial charge in [0.2, 0.25) is 0 Å². The van der Waals surface area contributed by atoms with Crippen LogP contribution in [0.1, 0.15) is 15.9 Å². The number of benzene rings is 3. The Morgan fingerprint density at radius 2 is 1.74 bits per heavy atom. The Balaban J connectivity index is 1.89. The standard InChI is InChI=1S/C22H19ClFNO5S/c1-25(20-9-5-6-10-21(20)29-2)31(27,28)16-11-12-18(23)17(13-16)22(26)30-14-15-7-3-4-8-19(15)24/h3-13H,14H2,1-2H3. The van der Waals surface area contributed by atoms with Crippen LogP contribution in [0.5, 0.6) is 5.75 Å². The molecule has 0 saturated carbocycles. The number of halogens is 2. The van der Waals surface area contributed by atoms with Gasteiger partial charge in [-0.2, -0.15) is 0 Å². The van der Waals surface area contributed by atoms with Crippen LogP contribution in [0.3, 0.4) is 0 Å². The van der Waals surface area contributed by atoms with Gasteiger partial charge in [0.25, 0.3) is 10.0 Å². The minimum absolute atomic E-state index is 0.0115. The van der Waals surface area contributed by atoms with Gasteiger partial charge in [-0.15, -0.1) is 0 Å². The van der Waals surface area contributed by atoms with Crippen LogP contribution in [0.4, 0.5) is 10.1 Å². The maximum atomic E-state index is 13.7. The summed E-state index contributed by atoms with van der Waals surface area (Å²) in [5.41, 5.74) is 0.364. The number of carbonyl (C=O) groups is 1. The summed E-state index contributed by atoms with van der Waals surface area (Å²) < 4.78 is 51.4. The zero-order valence-corrected chi connectivity index (χ0v) is 18.3. The molecule has 6 nitrogen and oxygen atoms in total. The molecule has 3 aromatic carbocycles. The maximum absolute atomic E-state index is 13.7. The van der Waals surface area contributed by atoms with Gasteiger partial charge in [0.1, 0.15) is 18.2 Å². The van der Waals surface area contributed by atoms with Gasteiger partial charge in [-0.25, -0.2) is 17.6 Å². The second kappa shape index (κ2) is 9.36. The van der Waals surface area contributed by atoms with Crippen LogP contribution in [0.2, 0.25) is 5.02 Å². The van der Waals surface area contributed by atoms with Crippen LogP contribution in [0.15, 0.2) is 71.6 Å². The van der Waals surface area contributed by atoms with Gasteiger partial charge < -0.3 is 9.47 Å². The molecule has 162 valence electrons. The van der Waals surface area contributed by atoms with E-state index in [1.165, 1.54) is 44.5 Å². The third-order valence-corrected chi connectivity index (χ3v) is 6.65. The lowest BCUT2D eigenvalue weighted by Gasteiger charge is -2.22. The van der Waals surface area contributed by atoms with Crippen molar-refractivity contribution >= 4 is 33.3 Å². The Morgan fingerprint density at radius 1 is 1.06 bits per heavy atom. The predicted molar refractivity (Wildman–Crippen MR) is 116 cm³/mol. The highest BCUT2D eigenvalue weighted by atomic mass is 35.5. The zero-order valence-electron chi connectivity index (χ0n) is 16.7. The molecule has 0 fully saturated rings. The van der Waals surface area contributed by atoms with Crippen molar-refractivity contribution in [1.82, 2.24) is 0 Å². The van der Waals surface area contributed by atoms with Crippen LogP contribution < -0.4 is 9.04 Å². The third kappa shape index (κ3) is 4.81. The summed E-state index contributed by atoms with van der Waals surface area (Å²) >= 11 is 6.10. The number of ether oxygens (including phenoxy) is 2. The number of para-hydroxylation sites is 2. The van der Waals surface area contributed by atoms with Crippen molar-refractivity contribution in [2.24, 2.45) is 0 Å². The predicted octanol–water partition coefficient (Wildman–Crippen LogP) is 4.67. The second-order valence-electron chi connectivity index (χ2n) is 6.45. The molecule has 9 heteroatoms. The molecule has 0 aliphatic heterocycles. The summed E-state index contributed by atoms with van der Waals surface area (Å²) in [6.45, 7) is -0.320. The largest absolute Gasteiger partial charge is 0.495 e. The summed E-state index contributed by atoms with van der Waals surface area (Å²) in [5.74, 6) is -1.02. The van der Waals surface area contributed by atoms with Crippen LogP contribution in [-0.2, 0) is 21.4 Å². The van der Waals surface area contributed by atoms with E-state index >= 15 is 0 Å². The van der Waals surface area contributed by atoms with Crippen LogP contribution in [-0.4, -0.2) is 28.5 Å². The highest BCUT2D eigenvalue weighted by Gasteiger charge is 2.26. The van der Waals surface area contributed by atoms with E-state index in [1.807, 2.05) is 0 Å². The van der Waals surface area contributed by atoms with E-state index in [2.05, 4.69) is 0 Å². The first-order valence-corrected chi connectivity index (χ1v) is 10.9. The summed E-state index contributed by atoms with van der Waals surface area (Å²) in [4.78, 5) is 12.3. The second-order valence-corrected chi connectivity index (χ2v) is 8.83. The maximum Gasteiger partial charge on any atom is 0.340 e. The van der Waals surface area contributed by atoms with Crippen LogP contribution >= 0.6 is 11.6 Å². The number of carbonyl (C=O) groups excluding carboxylic acids is 1. The van der Waals surface area contributed by atoms with Crippen molar-refractivity contribution < 1.29 is 27.1 Å². The lowest BCUT2D eigenvalue weighted by atomic mass is 10.2. The lowest BCUT2D eigenvalue weighted by Crippen LogP contribution is -2.27. The number of methoxy groups -OCH3 is 1. The van der Waals surface area contributed by atoms with E-state index in [0.29, 0.717) is 11.4 Å². The van der Waals surface area contributed by atoms with Gasteiger partial charge in [0, 0.05) is 12.6 Å². The fourth-order valence-corrected chi connectivity index (χ4v) is 4.26. The monoisotopic (exact) mass is 463 g/mol. The average Bonchev–Trinajstić information content (AvgIpc) is 2.77. The molecular weight excluding hydrogens is 445 g/mol. The van der Waals surface area contributed by atoms with Gasteiger partial charge >= 0.3 is 5.97 Å². The topological polar surface area (TPSA) is 72.9 Å². The van der Waals surface area contributed by atoms with Crippen molar-refractivity contribution in [3.05, 3.63) is 88.7 Å². The Morgan fingerprint density at radius 3 is 2.45 bits per heavy atom. The number of anilines is 1. The Bertz CT molecular complexity index is 1220. The average molecular weight is 464 g/mol. The molecule has 0 aliphatic rings. The van der Waals surface area contributed by atoms with Crippen LogP contribution in [0.25, 0.3) is 0 Å². The Labute approximate surface area is 184 Å². The molecule has 0 atom stereocenters. The van der Waals surface area contributed by atoms with Gasteiger partial charge in [0.15, 0.2) is 0 Å². The lowest BCUT2D eigenvalue weighted by molar-refractivity contribution is 0.0469. The van der Waals surface area contributed by atoms with Crippen molar-refractivity contribution in [2.45, 2.75) is 11.5 Å². The molecule has 31 heavy (non-hydrogen) atoms. The van der Waals surface area contributed by atoms with E-state index in [4.69, 9.17) is 21.1 Å². The number of hydrogen-bond donors (Lipinski definition) is 0. The molecular formula is C22H19ClFNO5S. The van der Waals surface area contributed by atoms with Gasteiger partial charge in [-0.1, -0.05) is 41.9 Å². The number of rotatable bonds is 7. The number of sulfonamides is 1. The zero-order chi connectivity index (χ0) is 22.6. The fourth-order valence-electron chi connectivity index (χ4n) is 2.84. The van der Waals surface area contributed by atoms with Crippen molar-refractivity contribution in [1.29, 1.82) is 0 Å². The molecule has 0 aromatic heterocycles. The molecule has 3 rings (SSSR count). The summed E-state index contributed by atoms with van der Waals surface area (Å²) in [6, 6.07) is 16.2. The minimum Gasteiger partial charge on any atom is -0.495 e. The van der Waals surface area contributed by atoms with Gasteiger partial charge in [-0.05, 0) is 36.4 Å². The van der Waals surface area contributed by atoms with E-state index in [0.717, 1.165) is 10.4 Å². The molecule has 0 N–H and O–H groups in total. The van der Waals surface area contributed by atoms with Crippen molar-refractivity contribution in [2.75, 3.05) is 18.5 Å². The number of esters is 1. The quantitative estimate of drug-likeness (QED) is 0.476. The van der Waals surface area contributed by atoms with Crippen molar-refractivity contribution in [3.63, 3.8) is 0 Å². The summed E-state index contributed by atoms with van der Waals surface area (Å²) in [7, 11) is -1.24. The smallest absolute Gasteiger partial charge is 0.340 e. The molecule has 0 heterocycles. The van der Waals surface area contributed by atoms with E-state index in [1.54, 1.807) is 30.3 Å². The molecule has 0 radical (unpaired) electrons. The molecule has 0 saturated heterocycles. The summed E-state index contributed by atoms with van der Waals surface area (Å²) in [5, 5.41) is 0.0115. The van der Waals surface area contributed by atoms with E-state index in [-0.39, 0.29) is 27.7 Å². The normalized spacial score (nSPS) is 11.1. The minimum atomic E-state index is -4.04. The van der Waals surface area contributed by atoms with E-state index < -0.39 is 21.8 Å². The molecule has 0 unspecified atom stereocenters. The van der Waals surface area contributed by atoms with Crippen molar-refractivity contribution in [3.8, 4) is 5.75 Å². The first-order valence-electron chi connectivity index (χ1n) is 9.07. The van der Waals surface area contributed by atoms with Crippen LogP contribution in [0, 0.1) is 5.82 Å². The molecule has 3 aromatic rings. The molecule has 0 aliphatic carbocycles.